The minimum Gasteiger partial charge on any atom is -0.480 e. The SMILES string of the molecule is CNc1c(C)cc(-c2ccccc2)nc1SC(C(=O)O)c1ccccc1. The van der Waals surface area contributed by atoms with E-state index in [1.807, 2.05) is 80.7 Å². The summed E-state index contributed by atoms with van der Waals surface area (Å²) in [7, 11) is 1.83. The number of hydrogen-bond acceptors (Lipinski definition) is 4. The first-order chi connectivity index (χ1) is 12.6. The molecule has 0 radical (unpaired) electrons. The molecule has 0 fully saturated rings. The summed E-state index contributed by atoms with van der Waals surface area (Å²) >= 11 is 1.25. The van der Waals surface area contributed by atoms with Crippen molar-refractivity contribution in [2.24, 2.45) is 0 Å². The van der Waals surface area contributed by atoms with E-state index in [0.29, 0.717) is 5.03 Å². The smallest absolute Gasteiger partial charge is 0.321 e. The molecule has 0 saturated carbocycles. The summed E-state index contributed by atoms with van der Waals surface area (Å²) < 4.78 is 0. The average molecular weight is 364 g/mol. The molecule has 3 rings (SSSR count). The van der Waals surface area contributed by atoms with Crippen LogP contribution in [-0.4, -0.2) is 23.1 Å². The Morgan fingerprint density at radius 2 is 1.69 bits per heavy atom. The molecule has 1 heterocycles. The maximum atomic E-state index is 11.9. The largest absolute Gasteiger partial charge is 0.480 e. The Hall–Kier alpha value is -2.79. The Balaban J connectivity index is 2.05. The topological polar surface area (TPSA) is 62.2 Å². The van der Waals surface area contributed by atoms with Crippen molar-refractivity contribution < 1.29 is 9.90 Å². The van der Waals surface area contributed by atoms with Gasteiger partial charge in [-0.15, -0.1) is 0 Å². The number of carbonyl (C=O) groups is 1. The molecule has 132 valence electrons. The van der Waals surface area contributed by atoms with Crippen LogP contribution in [0.1, 0.15) is 16.4 Å². The lowest BCUT2D eigenvalue weighted by atomic mass is 10.1. The Labute approximate surface area is 157 Å². The molecule has 1 aromatic heterocycles. The van der Waals surface area contributed by atoms with Crippen molar-refractivity contribution in [3.8, 4) is 11.3 Å². The standard InChI is InChI=1S/C21H20N2O2S/c1-14-13-17(15-9-5-3-6-10-15)23-20(18(14)22-2)26-19(21(24)25)16-11-7-4-8-12-16/h3-13,19,22H,1-2H3,(H,24,25). The average Bonchev–Trinajstić information content (AvgIpc) is 2.67. The fourth-order valence-corrected chi connectivity index (χ4v) is 3.94. The first-order valence-corrected chi connectivity index (χ1v) is 9.17. The second-order valence-corrected chi connectivity index (χ2v) is 6.96. The lowest BCUT2D eigenvalue weighted by Gasteiger charge is -2.17. The summed E-state index contributed by atoms with van der Waals surface area (Å²) in [6.07, 6.45) is 0. The molecule has 3 aromatic rings. The molecular formula is C21H20N2O2S. The van der Waals surface area contributed by atoms with E-state index in [-0.39, 0.29) is 0 Å². The zero-order valence-electron chi connectivity index (χ0n) is 14.6. The van der Waals surface area contributed by atoms with Gasteiger partial charge < -0.3 is 10.4 Å². The Morgan fingerprint density at radius 3 is 2.27 bits per heavy atom. The molecule has 0 aliphatic heterocycles. The van der Waals surface area contributed by atoms with Crippen LogP contribution in [0.15, 0.2) is 71.8 Å². The molecule has 0 amide bonds. The van der Waals surface area contributed by atoms with E-state index in [4.69, 9.17) is 4.98 Å². The number of thioether (sulfide) groups is 1. The summed E-state index contributed by atoms with van der Waals surface area (Å²) in [5, 5.41) is 12.9. The van der Waals surface area contributed by atoms with Crippen molar-refractivity contribution in [2.45, 2.75) is 17.2 Å². The summed E-state index contributed by atoms with van der Waals surface area (Å²) in [4.78, 5) is 16.6. The molecule has 4 nitrogen and oxygen atoms in total. The monoisotopic (exact) mass is 364 g/mol. The van der Waals surface area contributed by atoms with Crippen LogP contribution >= 0.6 is 11.8 Å². The van der Waals surface area contributed by atoms with Gasteiger partial charge in [0, 0.05) is 12.6 Å². The van der Waals surface area contributed by atoms with Gasteiger partial charge in [-0.05, 0) is 24.1 Å². The van der Waals surface area contributed by atoms with Crippen molar-refractivity contribution in [2.75, 3.05) is 12.4 Å². The number of nitrogens with one attached hydrogen (secondary N) is 1. The van der Waals surface area contributed by atoms with Gasteiger partial charge in [0.2, 0.25) is 0 Å². The lowest BCUT2D eigenvalue weighted by Crippen LogP contribution is -2.09. The molecule has 1 unspecified atom stereocenters. The molecule has 2 aromatic carbocycles. The minimum atomic E-state index is -0.882. The molecule has 0 bridgehead atoms. The van der Waals surface area contributed by atoms with Crippen LogP contribution in [0.25, 0.3) is 11.3 Å². The number of benzene rings is 2. The lowest BCUT2D eigenvalue weighted by molar-refractivity contribution is -0.136. The van der Waals surface area contributed by atoms with E-state index in [0.717, 1.165) is 28.1 Å². The van der Waals surface area contributed by atoms with Gasteiger partial charge in [-0.2, -0.15) is 0 Å². The second kappa shape index (κ2) is 8.06. The van der Waals surface area contributed by atoms with Crippen molar-refractivity contribution in [1.82, 2.24) is 4.98 Å². The third kappa shape index (κ3) is 3.89. The van der Waals surface area contributed by atoms with E-state index < -0.39 is 11.2 Å². The predicted molar refractivity (Wildman–Crippen MR) is 107 cm³/mol. The predicted octanol–water partition coefficient (Wildman–Crippen LogP) is 5.02. The number of aryl methyl sites for hydroxylation is 1. The van der Waals surface area contributed by atoms with Gasteiger partial charge in [0.15, 0.2) is 0 Å². The zero-order chi connectivity index (χ0) is 18.5. The zero-order valence-corrected chi connectivity index (χ0v) is 15.5. The number of rotatable bonds is 6. The quantitative estimate of drug-likeness (QED) is 0.602. The number of anilines is 1. The number of aromatic nitrogens is 1. The van der Waals surface area contributed by atoms with E-state index in [1.54, 1.807) is 0 Å². The van der Waals surface area contributed by atoms with Crippen LogP contribution in [-0.2, 0) is 4.79 Å². The van der Waals surface area contributed by atoms with Crippen LogP contribution < -0.4 is 5.32 Å². The van der Waals surface area contributed by atoms with E-state index >= 15 is 0 Å². The van der Waals surface area contributed by atoms with Crippen LogP contribution in [0, 0.1) is 6.92 Å². The van der Waals surface area contributed by atoms with Gasteiger partial charge in [-0.1, -0.05) is 72.4 Å². The van der Waals surface area contributed by atoms with Gasteiger partial charge >= 0.3 is 5.97 Å². The number of pyridine rings is 1. The summed E-state index contributed by atoms with van der Waals surface area (Å²) in [6.45, 7) is 2.00. The van der Waals surface area contributed by atoms with Crippen molar-refractivity contribution in [3.63, 3.8) is 0 Å². The van der Waals surface area contributed by atoms with Crippen LogP contribution in [0.4, 0.5) is 5.69 Å². The van der Waals surface area contributed by atoms with Gasteiger partial charge in [0.1, 0.15) is 10.3 Å². The highest BCUT2D eigenvalue weighted by Crippen LogP contribution is 2.40. The van der Waals surface area contributed by atoms with Gasteiger partial charge in [0.25, 0.3) is 0 Å². The van der Waals surface area contributed by atoms with Gasteiger partial charge in [0.05, 0.1) is 11.4 Å². The number of carboxylic acid groups (broad SMARTS) is 1. The van der Waals surface area contributed by atoms with Gasteiger partial charge in [-0.25, -0.2) is 4.98 Å². The highest BCUT2D eigenvalue weighted by Gasteiger charge is 2.24. The molecule has 26 heavy (non-hydrogen) atoms. The normalized spacial score (nSPS) is 11.8. The highest BCUT2D eigenvalue weighted by molar-refractivity contribution is 8.00. The first kappa shape index (κ1) is 18.0. The third-order valence-corrected chi connectivity index (χ3v) is 5.29. The van der Waals surface area contributed by atoms with Crippen molar-refractivity contribution in [3.05, 3.63) is 77.9 Å². The first-order valence-electron chi connectivity index (χ1n) is 8.29. The highest BCUT2D eigenvalue weighted by atomic mass is 32.2. The molecule has 1 atom stereocenters. The second-order valence-electron chi connectivity index (χ2n) is 5.87. The Bertz CT molecular complexity index is 899. The molecule has 5 heteroatoms. The molecule has 0 spiro atoms. The van der Waals surface area contributed by atoms with E-state index in [9.17, 15) is 9.90 Å². The van der Waals surface area contributed by atoms with Gasteiger partial charge in [-0.3, -0.25) is 4.79 Å². The minimum absolute atomic E-state index is 0.683. The maximum absolute atomic E-state index is 11.9. The maximum Gasteiger partial charge on any atom is 0.321 e. The van der Waals surface area contributed by atoms with Crippen LogP contribution in [0.5, 0.6) is 0 Å². The Kier molecular flexibility index (Phi) is 5.58. The summed E-state index contributed by atoms with van der Waals surface area (Å²) in [6, 6.07) is 21.2. The summed E-state index contributed by atoms with van der Waals surface area (Å²) in [5.41, 5.74) is 4.48. The number of aliphatic carboxylic acids is 1. The molecule has 0 saturated heterocycles. The third-order valence-electron chi connectivity index (χ3n) is 4.06. The number of nitrogens with zero attached hydrogens (tertiary/aromatic N) is 1. The number of carboxylic acids is 1. The fraction of sp³-hybridized carbons (Fsp3) is 0.143. The molecule has 2 N–H and O–H groups in total. The summed E-state index contributed by atoms with van der Waals surface area (Å²) in [5.74, 6) is -0.882. The molecule has 0 aliphatic rings. The molecular weight excluding hydrogens is 344 g/mol. The Morgan fingerprint density at radius 1 is 1.08 bits per heavy atom. The van der Waals surface area contributed by atoms with E-state index in [1.165, 1.54) is 11.8 Å². The number of hydrogen-bond donors (Lipinski definition) is 2. The fourth-order valence-electron chi connectivity index (χ4n) is 2.79. The van der Waals surface area contributed by atoms with Crippen molar-refractivity contribution in [1.29, 1.82) is 0 Å². The van der Waals surface area contributed by atoms with E-state index in [2.05, 4.69) is 5.32 Å². The van der Waals surface area contributed by atoms with Crippen LogP contribution in [0.3, 0.4) is 0 Å². The molecule has 0 aliphatic carbocycles. The van der Waals surface area contributed by atoms with Crippen molar-refractivity contribution >= 4 is 23.4 Å². The van der Waals surface area contributed by atoms with Crippen LogP contribution in [0.2, 0.25) is 0 Å².